The summed E-state index contributed by atoms with van der Waals surface area (Å²) >= 11 is 0. The summed E-state index contributed by atoms with van der Waals surface area (Å²) in [4.78, 5) is 16.9. The van der Waals surface area contributed by atoms with E-state index in [2.05, 4.69) is 10.3 Å². The van der Waals surface area contributed by atoms with Crippen LogP contribution in [-0.4, -0.2) is 47.3 Å². The van der Waals surface area contributed by atoms with Crippen molar-refractivity contribution < 1.29 is 22.8 Å². The van der Waals surface area contributed by atoms with Gasteiger partial charge in [-0.2, -0.15) is 5.10 Å². The van der Waals surface area contributed by atoms with Crippen molar-refractivity contribution in [1.82, 2.24) is 14.9 Å². The van der Waals surface area contributed by atoms with Gasteiger partial charge in [0.2, 0.25) is 0 Å². The van der Waals surface area contributed by atoms with Crippen LogP contribution in [0.5, 0.6) is 0 Å². The second-order valence-electron chi connectivity index (χ2n) is 7.72. The molecule has 0 bridgehead atoms. The molecule has 162 valence electrons. The van der Waals surface area contributed by atoms with E-state index in [1.807, 2.05) is 13.2 Å². The van der Waals surface area contributed by atoms with Crippen LogP contribution in [0, 0.1) is 11.6 Å². The van der Waals surface area contributed by atoms with Gasteiger partial charge in [0.05, 0.1) is 36.7 Å². The van der Waals surface area contributed by atoms with Crippen molar-refractivity contribution in [3.05, 3.63) is 53.6 Å². The third-order valence-electron chi connectivity index (χ3n) is 5.53. The fourth-order valence-electron chi connectivity index (χ4n) is 4.06. The maximum atomic E-state index is 15.0. The average Bonchev–Trinajstić information content (AvgIpc) is 3.48. The molecule has 0 spiro atoms. The standard InChI is InChI=1S/C20H20F2N6O3/c1-25(17-5-6-30-24-17)9-13-10-28(20(29)31-13)16-4-3-15(18(21)19(16)22)27-8-12-7-26(2)23-14(12)11-27/h3-7,13H,8-11H2,1-2H3. The molecule has 1 unspecified atom stereocenters. The minimum Gasteiger partial charge on any atom is -0.442 e. The van der Waals surface area contributed by atoms with E-state index in [4.69, 9.17) is 9.26 Å². The molecule has 5 rings (SSSR count). The van der Waals surface area contributed by atoms with Gasteiger partial charge in [0.15, 0.2) is 17.5 Å². The van der Waals surface area contributed by atoms with Crippen LogP contribution in [0.2, 0.25) is 0 Å². The van der Waals surface area contributed by atoms with E-state index < -0.39 is 23.8 Å². The number of aryl methyl sites for hydroxylation is 1. The first-order chi connectivity index (χ1) is 14.9. The first kappa shape index (κ1) is 19.3. The predicted molar refractivity (Wildman–Crippen MR) is 107 cm³/mol. The quantitative estimate of drug-likeness (QED) is 0.616. The Morgan fingerprint density at radius 2 is 1.97 bits per heavy atom. The summed E-state index contributed by atoms with van der Waals surface area (Å²) in [5, 5.41) is 8.16. The van der Waals surface area contributed by atoms with E-state index in [1.54, 1.807) is 27.6 Å². The number of carbonyl (C=O) groups is 1. The molecule has 2 aliphatic heterocycles. The van der Waals surface area contributed by atoms with E-state index in [9.17, 15) is 13.6 Å². The summed E-state index contributed by atoms with van der Waals surface area (Å²) in [6.07, 6.45) is 2.06. The highest BCUT2D eigenvalue weighted by atomic mass is 19.2. The topological polar surface area (TPSA) is 79.9 Å². The highest BCUT2D eigenvalue weighted by Crippen LogP contribution is 2.35. The van der Waals surface area contributed by atoms with Crippen LogP contribution in [0.1, 0.15) is 11.3 Å². The zero-order chi connectivity index (χ0) is 21.7. The minimum absolute atomic E-state index is 0.0937. The van der Waals surface area contributed by atoms with Crippen molar-refractivity contribution in [3.63, 3.8) is 0 Å². The first-order valence-corrected chi connectivity index (χ1v) is 9.74. The summed E-state index contributed by atoms with van der Waals surface area (Å²) in [6.45, 7) is 1.27. The molecule has 0 radical (unpaired) electrons. The van der Waals surface area contributed by atoms with Crippen molar-refractivity contribution in [3.8, 4) is 0 Å². The van der Waals surface area contributed by atoms with Crippen molar-refractivity contribution in [1.29, 1.82) is 0 Å². The van der Waals surface area contributed by atoms with Crippen LogP contribution in [0.15, 0.2) is 35.2 Å². The SMILES string of the molecule is CN(CC1CN(c2ccc(N3Cc4cn(C)nc4C3)c(F)c2F)C(=O)O1)c1ccon1. The third kappa shape index (κ3) is 3.35. The smallest absolute Gasteiger partial charge is 0.414 e. The molecular weight excluding hydrogens is 410 g/mol. The van der Waals surface area contributed by atoms with Crippen LogP contribution in [-0.2, 0) is 24.9 Å². The molecule has 2 aliphatic rings. The van der Waals surface area contributed by atoms with Crippen molar-refractivity contribution >= 4 is 23.3 Å². The molecular formula is C20H20F2N6O3. The monoisotopic (exact) mass is 430 g/mol. The number of nitrogens with zero attached hydrogens (tertiary/aromatic N) is 6. The molecule has 11 heteroatoms. The number of fused-ring (bicyclic) bond motifs is 1. The number of carbonyl (C=O) groups excluding carboxylic acids is 1. The largest absolute Gasteiger partial charge is 0.442 e. The van der Waals surface area contributed by atoms with Crippen molar-refractivity contribution in [2.24, 2.45) is 7.05 Å². The molecule has 0 saturated carbocycles. The Labute approximate surface area is 176 Å². The Morgan fingerprint density at radius 3 is 2.71 bits per heavy atom. The molecule has 0 aliphatic carbocycles. The van der Waals surface area contributed by atoms with Crippen LogP contribution in [0.3, 0.4) is 0 Å². The van der Waals surface area contributed by atoms with Gasteiger partial charge in [-0.05, 0) is 12.1 Å². The van der Waals surface area contributed by atoms with Crippen molar-refractivity contribution in [2.45, 2.75) is 19.2 Å². The summed E-state index contributed by atoms with van der Waals surface area (Å²) in [6, 6.07) is 4.57. The van der Waals surface area contributed by atoms with Gasteiger partial charge in [-0.3, -0.25) is 9.58 Å². The van der Waals surface area contributed by atoms with Gasteiger partial charge in [0.25, 0.3) is 0 Å². The normalized spacial score (nSPS) is 17.9. The number of benzene rings is 1. The number of rotatable bonds is 5. The Hall–Kier alpha value is -3.63. The van der Waals surface area contributed by atoms with Gasteiger partial charge in [-0.15, -0.1) is 0 Å². The Morgan fingerprint density at radius 1 is 1.19 bits per heavy atom. The van der Waals surface area contributed by atoms with Gasteiger partial charge in [-0.25, -0.2) is 13.6 Å². The lowest BCUT2D eigenvalue weighted by Crippen LogP contribution is -2.33. The molecule has 0 N–H and O–H groups in total. The maximum absolute atomic E-state index is 15.0. The Kier molecular flexibility index (Phi) is 4.53. The van der Waals surface area contributed by atoms with E-state index in [0.29, 0.717) is 25.5 Å². The van der Waals surface area contributed by atoms with Gasteiger partial charge in [-0.1, -0.05) is 5.16 Å². The van der Waals surface area contributed by atoms with Crippen LogP contribution in [0.4, 0.5) is 30.8 Å². The fourth-order valence-corrected chi connectivity index (χ4v) is 4.06. The molecule has 1 saturated heterocycles. The van der Waals surface area contributed by atoms with Crippen LogP contribution < -0.4 is 14.7 Å². The Bertz CT molecular complexity index is 1110. The second-order valence-corrected chi connectivity index (χ2v) is 7.72. The fraction of sp³-hybridized carbons (Fsp3) is 0.350. The van der Waals surface area contributed by atoms with Crippen LogP contribution >= 0.6 is 0 Å². The van der Waals surface area contributed by atoms with E-state index in [-0.39, 0.29) is 17.9 Å². The lowest BCUT2D eigenvalue weighted by molar-refractivity contribution is 0.144. The number of amides is 1. The molecule has 1 aromatic carbocycles. The second kappa shape index (κ2) is 7.25. The number of anilines is 3. The number of halogens is 2. The first-order valence-electron chi connectivity index (χ1n) is 9.74. The van der Waals surface area contributed by atoms with E-state index >= 15 is 0 Å². The number of likely N-dealkylation sites (N-methyl/N-ethyl adjacent to an activating group) is 1. The van der Waals surface area contributed by atoms with E-state index in [0.717, 1.165) is 16.2 Å². The van der Waals surface area contributed by atoms with Crippen LogP contribution in [0.25, 0.3) is 0 Å². The number of cyclic esters (lactones) is 1. The lowest BCUT2D eigenvalue weighted by Gasteiger charge is -2.22. The number of ether oxygens (including phenoxy) is 1. The van der Waals surface area contributed by atoms with Crippen molar-refractivity contribution in [2.75, 3.05) is 34.8 Å². The zero-order valence-electron chi connectivity index (χ0n) is 17.0. The number of hydrogen-bond acceptors (Lipinski definition) is 7. The molecule has 4 heterocycles. The van der Waals surface area contributed by atoms with Gasteiger partial charge in [0, 0.05) is 38.5 Å². The third-order valence-corrected chi connectivity index (χ3v) is 5.53. The number of hydrogen-bond donors (Lipinski definition) is 0. The summed E-state index contributed by atoms with van der Waals surface area (Å²) in [5.74, 6) is -1.49. The minimum atomic E-state index is -1.08. The lowest BCUT2D eigenvalue weighted by atomic mass is 10.2. The number of aromatic nitrogens is 3. The van der Waals surface area contributed by atoms with Gasteiger partial charge < -0.3 is 19.1 Å². The maximum Gasteiger partial charge on any atom is 0.414 e. The molecule has 1 amide bonds. The highest BCUT2D eigenvalue weighted by Gasteiger charge is 2.36. The highest BCUT2D eigenvalue weighted by molar-refractivity contribution is 5.90. The molecule has 9 nitrogen and oxygen atoms in total. The molecule has 1 atom stereocenters. The average molecular weight is 430 g/mol. The van der Waals surface area contributed by atoms with E-state index in [1.165, 1.54) is 18.4 Å². The summed E-state index contributed by atoms with van der Waals surface area (Å²) in [5.41, 5.74) is 1.81. The van der Waals surface area contributed by atoms with Gasteiger partial charge >= 0.3 is 6.09 Å². The summed E-state index contributed by atoms with van der Waals surface area (Å²) < 4.78 is 41.8. The zero-order valence-corrected chi connectivity index (χ0v) is 17.0. The predicted octanol–water partition coefficient (Wildman–Crippen LogP) is 2.67. The molecule has 1 fully saturated rings. The summed E-state index contributed by atoms with van der Waals surface area (Å²) in [7, 11) is 3.59. The molecule has 31 heavy (non-hydrogen) atoms. The molecule has 2 aromatic heterocycles. The molecule has 3 aromatic rings. The Balaban J connectivity index is 1.32. The van der Waals surface area contributed by atoms with Gasteiger partial charge in [0.1, 0.15) is 12.4 Å².